The average Bonchev–Trinajstić information content (AvgIpc) is 2.03. The SMILES string of the molecule is C=CC1CCC(C(C)(F)F)CC1. The molecule has 0 nitrogen and oxygen atoms in total. The lowest BCUT2D eigenvalue weighted by Crippen LogP contribution is -2.28. The summed E-state index contributed by atoms with van der Waals surface area (Å²) in [6.45, 7) is 4.72. The Bertz CT molecular complexity index is 150. The van der Waals surface area contributed by atoms with E-state index in [1.807, 2.05) is 6.08 Å². The second-order valence-electron chi connectivity index (χ2n) is 3.80. The summed E-state index contributed by atoms with van der Waals surface area (Å²) in [7, 11) is 0. The minimum atomic E-state index is -2.48. The molecule has 0 spiro atoms. The lowest BCUT2D eigenvalue weighted by molar-refractivity contribution is -0.0558. The average molecular weight is 174 g/mol. The fourth-order valence-electron chi connectivity index (χ4n) is 1.86. The predicted octanol–water partition coefficient (Wildman–Crippen LogP) is 3.63. The molecule has 1 aliphatic carbocycles. The van der Waals surface area contributed by atoms with Crippen LogP contribution in [-0.2, 0) is 0 Å². The van der Waals surface area contributed by atoms with Gasteiger partial charge in [-0.1, -0.05) is 6.08 Å². The highest BCUT2D eigenvalue weighted by atomic mass is 19.3. The van der Waals surface area contributed by atoms with Crippen LogP contribution in [0.25, 0.3) is 0 Å². The topological polar surface area (TPSA) is 0 Å². The van der Waals surface area contributed by atoms with E-state index < -0.39 is 11.8 Å². The molecule has 0 saturated heterocycles. The van der Waals surface area contributed by atoms with E-state index in [0.29, 0.717) is 18.8 Å². The highest BCUT2D eigenvalue weighted by molar-refractivity contribution is 4.87. The summed E-state index contributed by atoms with van der Waals surface area (Å²) in [4.78, 5) is 0. The molecular formula is C10H16F2. The molecule has 0 aliphatic heterocycles. The van der Waals surface area contributed by atoms with Crippen LogP contribution < -0.4 is 0 Å². The Morgan fingerprint density at radius 3 is 2.08 bits per heavy atom. The lowest BCUT2D eigenvalue weighted by Gasteiger charge is -2.30. The maximum Gasteiger partial charge on any atom is 0.248 e. The number of allylic oxidation sites excluding steroid dienone is 1. The summed E-state index contributed by atoms with van der Waals surface area (Å²) in [6, 6.07) is 0. The molecule has 0 amide bonds. The first kappa shape index (κ1) is 9.69. The van der Waals surface area contributed by atoms with Crippen LogP contribution >= 0.6 is 0 Å². The molecule has 0 aromatic heterocycles. The van der Waals surface area contributed by atoms with Crippen LogP contribution in [0.4, 0.5) is 8.78 Å². The molecule has 0 radical (unpaired) electrons. The van der Waals surface area contributed by atoms with Gasteiger partial charge in [0.15, 0.2) is 0 Å². The van der Waals surface area contributed by atoms with Crippen LogP contribution in [0.1, 0.15) is 32.6 Å². The summed E-state index contributed by atoms with van der Waals surface area (Å²) in [6.07, 6.45) is 4.97. The van der Waals surface area contributed by atoms with Crippen molar-refractivity contribution >= 4 is 0 Å². The zero-order chi connectivity index (χ0) is 9.19. The molecule has 12 heavy (non-hydrogen) atoms. The summed E-state index contributed by atoms with van der Waals surface area (Å²) in [5.74, 6) is -2.40. The molecule has 0 heterocycles. The van der Waals surface area contributed by atoms with Crippen molar-refractivity contribution in [2.45, 2.75) is 38.5 Å². The van der Waals surface area contributed by atoms with Crippen molar-refractivity contribution in [3.05, 3.63) is 12.7 Å². The van der Waals surface area contributed by atoms with E-state index in [1.165, 1.54) is 0 Å². The van der Waals surface area contributed by atoms with Crippen molar-refractivity contribution in [1.29, 1.82) is 0 Å². The van der Waals surface area contributed by atoms with Gasteiger partial charge in [0.05, 0.1) is 0 Å². The standard InChI is InChI=1S/C10H16F2/c1-3-8-4-6-9(7-5-8)10(2,11)12/h3,8-9H,1,4-7H2,2H3. The van der Waals surface area contributed by atoms with Crippen LogP contribution in [0.15, 0.2) is 12.7 Å². The first-order valence-electron chi connectivity index (χ1n) is 4.54. The molecule has 0 bridgehead atoms. The maximum atomic E-state index is 12.8. The lowest BCUT2D eigenvalue weighted by atomic mass is 9.79. The largest absolute Gasteiger partial charge is 0.248 e. The second kappa shape index (κ2) is 3.55. The molecule has 0 N–H and O–H groups in total. The Morgan fingerprint density at radius 1 is 1.25 bits per heavy atom. The Morgan fingerprint density at radius 2 is 1.75 bits per heavy atom. The van der Waals surface area contributed by atoms with Gasteiger partial charge in [-0.05, 0) is 38.5 Å². The monoisotopic (exact) mass is 174 g/mol. The highest BCUT2D eigenvalue weighted by Crippen LogP contribution is 2.38. The Hall–Kier alpha value is -0.400. The molecule has 0 unspecified atom stereocenters. The Labute approximate surface area is 72.7 Å². The van der Waals surface area contributed by atoms with Gasteiger partial charge < -0.3 is 0 Å². The van der Waals surface area contributed by atoms with Gasteiger partial charge in [-0.25, -0.2) is 8.78 Å². The van der Waals surface area contributed by atoms with E-state index in [1.54, 1.807) is 0 Å². The summed E-state index contributed by atoms with van der Waals surface area (Å²) < 4.78 is 25.6. The van der Waals surface area contributed by atoms with E-state index in [9.17, 15) is 8.78 Å². The summed E-state index contributed by atoms with van der Waals surface area (Å²) >= 11 is 0. The van der Waals surface area contributed by atoms with Crippen LogP contribution in [0.2, 0.25) is 0 Å². The number of alkyl halides is 2. The fraction of sp³-hybridized carbons (Fsp3) is 0.800. The maximum absolute atomic E-state index is 12.8. The molecule has 70 valence electrons. The molecule has 2 heteroatoms. The molecular weight excluding hydrogens is 158 g/mol. The molecule has 1 rings (SSSR count). The normalized spacial score (nSPS) is 31.6. The second-order valence-corrected chi connectivity index (χ2v) is 3.80. The van der Waals surface area contributed by atoms with Gasteiger partial charge in [0.2, 0.25) is 5.92 Å². The van der Waals surface area contributed by atoms with Crippen molar-refractivity contribution in [2.24, 2.45) is 11.8 Å². The third-order valence-corrected chi connectivity index (χ3v) is 2.82. The molecule has 0 aromatic rings. The van der Waals surface area contributed by atoms with Crippen molar-refractivity contribution in [3.63, 3.8) is 0 Å². The third-order valence-electron chi connectivity index (χ3n) is 2.82. The van der Waals surface area contributed by atoms with E-state index in [-0.39, 0.29) is 0 Å². The third kappa shape index (κ3) is 2.29. The summed E-state index contributed by atoms with van der Waals surface area (Å²) in [5.41, 5.74) is 0. The molecule has 1 aliphatic rings. The zero-order valence-electron chi connectivity index (χ0n) is 7.52. The van der Waals surface area contributed by atoms with Crippen LogP contribution in [0.3, 0.4) is 0 Å². The number of halogens is 2. The molecule has 0 atom stereocenters. The fourth-order valence-corrected chi connectivity index (χ4v) is 1.86. The smallest absolute Gasteiger partial charge is 0.207 e. The quantitative estimate of drug-likeness (QED) is 0.561. The summed E-state index contributed by atoms with van der Waals surface area (Å²) in [5, 5.41) is 0. The number of hydrogen-bond donors (Lipinski definition) is 0. The van der Waals surface area contributed by atoms with Crippen molar-refractivity contribution in [1.82, 2.24) is 0 Å². The van der Waals surface area contributed by atoms with E-state index in [4.69, 9.17) is 0 Å². The molecule has 0 aromatic carbocycles. The predicted molar refractivity (Wildman–Crippen MR) is 46.3 cm³/mol. The van der Waals surface area contributed by atoms with E-state index in [0.717, 1.165) is 19.8 Å². The van der Waals surface area contributed by atoms with Crippen LogP contribution in [0, 0.1) is 11.8 Å². The first-order valence-corrected chi connectivity index (χ1v) is 4.54. The number of hydrogen-bond acceptors (Lipinski definition) is 0. The van der Waals surface area contributed by atoms with E-state index in [2.05, 4.69) is 6.58 Å². The van der Waals surface area contributed by atoms with Crippen molar-refractivity contribution in [3.8, 4) is 0 Å². The van der Waals surface area contributed by atoms with Crippen LogP contribution in [0.5, 0.6) is 0 Å². The van der Waals surface area contributed by atoms with Gasteiger partial charge in [0.1, 0.15) is 0 Å². The molecule has 1 fully saturated rings. The Kier molecular flexibility index (Phi) is 2.86. The molecule has 1 saturated carbocycles. The van der Waals surface area contributed by atoms with Gasteiger partial charge in [0.25, 0.3) is 0 Å². The van der Waals surface area contributed by atoms with Crippen molar-refractivity contribution < 1.29 is 8.78 Å². The van der Waals surface area contributed by atoms with Crippen LogP contribution in [-0.4, -0.2) is 5.92 Å². The van der Waals surface area contributed by atoms with Gasteiger partial charge in [-0.3, -0.25) is 0 Å². The van der Waals surface area contributed by atoms with E-state index >= 15 is 0 Å². The Balaban J connectivity index is 2.41. The van der Waals surface area contributed by atoms with Gasteiger partial charge in [0, 0.05) is 5.92 Å². The minimum Gasteiger partial charge on any atom is -0.207 e. The number of rotatable bonds is 2. The minimum absolute atomic E-state index is 0.395. The van der Waals surface area contributed by atoms with Crippen molar-refractivity contribution in [2.75, 3.05) is 0 Å². The van der Waals surface area contributed by atoms with Gasteiger partial charge in [-0.2, -0.15) is 0 Å². The van der Waals surface area contributed by atoms with Gasteiger partial charge >= 0.3 is 0 Å². The first-order chi connectivity index (χ1) is 5.54. The zero-order valence-corrected chi connectivity index (χ0v) is 7.52. The van der Waals surface area contributed by atoms with Gasteiger partial charge in [-0.15, -0.1) is 6.58 Å². The highest BCUT2D eigenvalue weighted by Gasteiger charge is 2.36.